The van der Waals surface area contributed by atoms with Crippen molar-refractivity contribution < 1.29 is 19.8 Å². The van der Waals surface area contributed by atoms with Gasteiger partial charge in [-0.2, -0.15) is 0 Å². The molecule has 1 aromatic heterocycles. The van der Waals surface area contributed by atoms with Crippen molar-refractivity contribution in [2.45, 2.75) is 6.54 Å². The van der Waals surface area contributed by atoms with Gasteiger partial charge in [0.05, 0.1) is 22.2 Å². The number of allylic oxidation sites excluding steroid dienone is 1. The fourth-order valence-electron chi connectivity index (χ4n) is 3.04. The number of carboxylic acid groups (broad SMARTS) is 1. The Bertz CT molecular complexity index is 1400. The Balaban J connectivity index is 1.93. The van der Waals surface area contributed by atoms with Gasteiger partial charge in [0.25, 0.3) is 5.91 Å². The molecule has 0 radical (unpaired) electrons. The Morgan fingerprint density at radius 3 is 2.67 bits per heavy atom. The van der Waals surface area contributed by atoms with E-state index in [9.17, 15) is 14.7 Å². The summed E-state index contributed by atoms with van der Waals surface area (Å²) >= 11 is 4.55. The summed E-state index contributed by atoms with van der Waals surface area (Å²) in [6.45, 7) is 3.99. The highest BCUT2D eigenvalue weighted by molar-refractivity contribution is 9.10. The lowest BCUT2D eigenvalue weighted by Crippen LogP contribution is -2.22. The number of benzene rings is 2. The van der Waals surface area contributed by atoms with Crippen LogP contribution in [0.3, 0.4) is 0 Å². The topological polar surface area (TPSA) is 104 Å². The summed E-state index contributed by atoms with van der Waals surface area (Å²) in [5.74, 6) is -1.56. The normalized spacial score (nSPS) is 13.3. The molecule has 150 valence electrons. The van der Waals surface area contributed by atoms with Crippen molar-refractivity contribution in [2.24, 2.45) is 9.98 Å². The quantitative estimate of drug-likeness (QED) is 0.543. The van der Waals surface area contributed by atoms with Crippen LogP contribution in [0.25, 0.3) is 5.57 Å². The van der Waals surface area contributed by atoms with Gasteiger partial charge < -0.3 is 10.2 Å². The second kappa shape index (κ2) is 7.85. The number of aromatic nitrogens is 1. The van der Waals surface area contributed by atoms with Crippen LogP contribution >= 0.6 is 27.3 Å². The molecule has 1 aliphatic rings. The van der Waals surface area contributed by atoms with Crippen LogP contribution in [0.2, 0.25) is 0 Å². The number of carboxylic acids is 1. The van der Waals surface area contributed by atoms with Crippen molar-refractivity contribution in [1.82, 2.24) is 4.57 Å². The zero-order valence-corrected chi connectivity index (χ0v) is 17.8. The molecule has 9 heteroatoms. The Morgan fingerprint density at radius 2 is 2.00 bits per heavy atom. The maximum Gasteiger partial charge on any atom is 0.335 e. The van der Waals surface area contributed by atoms with Gasteiger partial charge in [-0.15, -0.1) is 6.58 Å². The molecule has 2 heterocycles. The number of aromatic hydroxyl groups is 1. The maximum atomic E-state index is 12.6. The number of rotatable bonds is 5. The molecule has 0 spiro atoms. The van der Waals surface area contributed by atoms with Crippen molar-refractivity contribution in [3.05, 3.63) is 85.4 Å². The van der Waals surface area contributed by atoms with Gasteiger partial charge in [-0.1, -0.05) is 33.3 Å². The van der Waals surface area contributed by atoms with Gasteiger partial charge in [-0.05, 0) is 42.5 Å². The van der Waals surface area contributed by atoms with E-state index >= 15 is 0 Å². The van der Waals surface area contributed by atoms with Crippen LogP contribution in [0.5, 0.6) is 5.88 Å². The Morgan fingerprint density at radius 1 is 1.27 bits per heavy atom. The van der Waals surface area contributed by atoms with Crippen molar-refractivity contribution in [1.29, 1.82) is 0 Å². The standard InChI is InChI=1S/C21H14BrN3O4S/c1-2-9-25-19(27)17(16-14-10-12(22)5-8-15(14)24-18(16)26)30-21(25)23-13-6-3-11(4-7-13)20(28)29/h2-8,10,27H,1,9H2,(H,28,29). The molecule has 0 fully saturated rings. The number of amides is 1. The fraction of sp³-hybridized carbons (Fsp3) is 0.0476. The summed E-state index contributed by atoms with van der Waals surface area (Å²) < 4.78 is 2.33. The van der Waals surface area contributed by atoms with Gasteiger partial charge in [0.2, 0.25) is 5.88 Å². The number of hydrogen-bond donors (Lipinski definition) is 2. The highest BCUT2D eigenvalue weighted by Crippen LogP contribution is 2.29. The number of carbonyl (C=O) groups is 2. The van der Waals surface area contributed by atoms with Gasteiger partial charge in [0.1, 0.15) is 4.88 Å². The number of aromatic carboxylic acids is 1. The average Bonchev–Trinajstić information content (AvgIpc) is 3.18. The van der Waals surface area contributed by atoms with Crippen LogP contribution in [0.15, 0.2) is 69.6 Å². The summed E-state index contributed by atoms with van der Waals surface area (Å²) in [6.07, 6.45) is 1.61. The average molecular weight is 484 g/mol. The third-order valence-electron chi connectivity index (χ3n) is 4.42. The molecule has 0 unspecified atom stereocenters. The molecule has 0 saturated carbocycles. The molecule has 3 aromatic rings. The predicted octanol–water partition coefficient (Wildman–Crippen LogP) is 2.49. The molecular weight excluding hydrogens is 470 g/mol. The fourth-order valence-corrected chi connectivity index (χ4v) is 4.51. The van der Waals surface area contributed by atoms with E-state index in [1.54, 1.807) is 36.4 Å². The van der Waals surface area contributed by atoms with Crippen molar-refractivity contribution in [3.8, 4) is 5.88 Å². The molecule has 1 amide bonds. The minimum Gasteiger partial charge on any atom is -0.493 e. The third-order valence-corrected chi connectivity index (χ3v) is 6.00. The molecule has 2 aromatic carbocycles. The van der Waals surface area contributed by atoms with E-state index in [0.717, 1.165) is 15.8 Å². The van der Waals surface area contributed by atoms with Crippen LogP contribution in [0, 0.1) is 0 Å². The van der Waals surface area contributed by atoms with E-state index in [0.29, 0.717) is 31.5 Å². The number of halogens is 1. The third kappa shape index (κ3) is 3.53. The predicted molar refractivity (Wildman–Crippen MR) is 115 cm³/mol. The first-order chi connectivity index (χ1) is 14.4. The number of nitrogens with zero attached hydrogens (tertiary/aromatic N) is 3. The highest BCUT2D eigenvalue weighted by Gasteiger charge is 2.25. The summed E-state index contributed by atoms with van der Waals surface area (Å²) in [5.41, 5.74) is 0.981. The zero-order chi connectivity index (χ0) is 21.4. The van der Waals surface area contributed by atoms with Crippen molar-refractivity contribution in [2.75, 3.05) is 0 Å². The monoisotopic (exact) mass is 483 g/mol. The van der Waals surface area contributed by atoms with E-state index < -0.39 is 11.9 Å². The minimum absolute atomic E-state index is 0.104. The van der Waals surface area contributed by atoms with Gasteiger partial charge in [-0.25, -0.2) is 14.8 Å². The number of fused-ring (bicyclic) bond motifs is 1. The minimum atomic E-state index is -1.02. The van der Waals surface area contributed by atoms with Gasteiger partial charge >= 0.3 is 5.97 Å². The summed E-state index contributed by atoms with van der Waals surface area (Å²) in [6, 6.07) is 11.4. The van der Waals surface area contributed by atoms with Gasteiger partial charge in [-0.3, -0.25) is 9.36 Å². The summed E-state index contributed by atoms with van der Waals surface area (Å²) in [4.78, 5) is 33.0. The lowest BCUT2D eigenvalue weighted by molar-refractivity contribution is -0.112. The van der Waals surface area contributed by atoms with Gasteiger partial charge in [0.15, 0.2) is 4.80 Å². The zero-order valence-electron chi connectivity index (χ0n) is 15.4. The Hall–Kier alpha value is -3.30. The number of hydrogen-bond acceptors (Lipinski definition) is 5. The summed E-state index contributed by atoms with van der Waals surface area (Å²) in [7, 11) is 0. The largest absolute Gasteiger partial charge is 0.493 e. The lowest BCUT2D eigenvalue weighted by atomic mass is 10.1. The maximum absolute atomic E-state index is 12.6. The first-order valence-corrected chi connectivity index (χ1v) is 10.3. The van der Waals surface area contributed by atoms with Gasteiger partial charge in [0, 0.05) is 16.2 Å². The van der Waals surface area contributed by atoms with Crippen LogP contribution in [-0.4, -0.2) is 26.7 Å². The van der Waals surface area contributed by atoms with Crippen LogP contribution in [0.4, 0.5) is 5.69 Å². The van der Waals surface area contributed by atoms with Crippen LogP contribution in [0.1, 0.15) is 15.2 Å². The highest BCUT2D eigenvalue weighted by atomic mass is 79.9. The van der Waals surface area contributed by atoms with E-state index in [1.807, 2.05) is 0 Å². The van der Waals surface area contributed by atoms with E-state index in [2.05, 4.69) is 32.5 Å². The molecule has 0 bridgehead atoms. The van der Waals surface area contributed by atoms with E-state index in [4.69, 9.17) is 5.11 Å². The smallest absolute Gasteiger partial charge is 0.335 e. The molecule has 2 N–H and O–H groups in total. The van der Waals surface area contributed by atoms with Crippen molar-refractivity contribution >= 4 is 50.4 Å². The first kappa shape index (κ1) is 20.0. The Labute approximate surface area is 182 Å². The molecule has 4 rings (SSSR count). The van der Waals surface area contributed by atoms with E-state index in [1.165, 1.54) is 16.7 Å². The first-order valence-electron chi connectivity index (χ1n) is 8.74. The van der Waals surface area contributed by atoms with Crippen LogP contribution < -0.4 is 15.4 Å². The molecule has 0 saturated heterocycles. The molecule has 7 nitrogen and oxygen atoms in total. The molecule has 30 heavy (non-hydrogen) atoms. The SMILES string of the molecule is C=CCn1c(O)c(C2=c3cc(Br)ccc3=NC2=O)sc1=Nc1ccc(C(=O)O)cc1. The van der Waals surface area contributed by atoms with E-state index in [-0.39, 0.29) is 18.0 Å². The van der Waals surface area contributed by atoms with Crippen LogP contribution in [-0.2, 0) is 11.3 Å². The number of carbonyl (C=O) groups excluding carboxylic acids is 1. The summed E-state index contributed by atoms with van der Waals surface area (Å²) in [5, 5.41) is 21.1. The van der Waals surface area contributed by atoms with Crippen molar-refractivity contribution in [3.63, 3.8) is 0 Å². The number of thiazole rings is 1. The second-order valence-corrected chi connectivity index (χ2v) is 8.25. The molecule has 0 aliphatic carbocycles. The Kier molecular flexibility index (Phi) is 5.23. The second-order valence-electron chi connectivity index (χ2n) is 6.35. The molecule has 1 aliphatic heterocycles. The molecular formula is C21H14BrN3O4S. The molecule has 0 atom stereocenters. The lowest BCUT2D eigenvalue weighted by Gasteiger charge is -2.02.